The number of aryl methyl sites for hydroxylation is 2. The van der Waals surface area contributed by atoms with Gasteiger partial charge < -0.3 is 24.1 Å². The van der Waals surface area contributed by atoms with Crippen LogP contribution in [0.2, 0.25) is 0 Å². The second kappa shape index (κ2) is 12.0. The zero-order valence-corrected chi connectivity index (χ0v) is 28.1. The largest absolute Gasteiger partial charge is 0.496 e. The zero-order valence-electron chi connectivity index (χ0n) is 27.3. The lowest BCUT2D eigenvalue weighted by Gasteiger charge is -2.22. The third-order valence-corrected chi connectivity index (χ3v) is 11.8. The van der Waals surface area contributed by atoms with Crippen LogP contribution >= 0.6 is 11.3 Å². The van der Waals surface area contributed by atoms with Crippen molar-refractivity contribution in [2.24, 2.45) is 5.92 Å². The third-order valence-electron chi connectivity index (χ3n) is 10.7. The number of aromatic nitrogens is 4. The van der Waals surface area contributed by atoms with E-state index >= 15 is 0 Å². The van der Waals surface area contributed by atoms with Crippen LogP contribution < -0.4 is 10.1 Å². The summed E-state index contributed by atoms with van der Waals surface area (Å²) in [5, 5.41) is 13.6. The van der Waals surface area contributed by atoms with E-state index in [1.807, 2.05) is 17.2 Å². The number of rotatable bonds is 8. The molecule has 2 fully saturated rings. The molecule has 11 heteroatoms. The molecule has 10 nitrogen and oxygen atoms in total. The molecule has 1 aliphatic carbocycles. The average Bonchev–Trinajstić information content (AvgIpc) is 3.95. The van der Waals surface area contributed by atoms with Gasteiger partial charge in [-0.2, -0.15) is 0 Å². The molecule has 0 spiro atoms. The fraction of sp³-hybridized carbons (Fsp3) is 0.432. The molecule has 0 unspecified atom stereocenters. The monoisotopic (exact) mass is 662 g/mol. The van der Waals surface area contributed by atoms with Crippen LogP contribution in [-0.2, 0) is 17.6 Å². The van der Waals surface area contributed by atoms with E-state index in [-0.39, 0.29) is 18.0 Å². The average molecular weight is 663 g/mol. The van der Waals surface area contributed by atoms with Crippen LogP contribution in [0, 0.1) is 12.8 Å². The van der Waals surface area contributed by atoms with Crippen molar-refractivity contribution in [1.29, 1.82) is 0 Å². The maximum atomic E-state index is 14.2. The van der Waals surface area contributed by atoms with Crippen molar-refractivity contribution in [1.82, 2.24) is 25.1 Å². The van der Waals surface area contributed by atoms with Crippen molar-refractivity contribution in [2.75, 3.05) is 32.2 Å². The Morgan fingerprint density at radius 1 is 1.08 bits per heavy atom. The second-order valence-corrected chi connectivity index (χ2v) is 14.5. The lowest BCUT2D eigenvalue weighted by molar-refractivity contribution is 0.0639. The van der Waals surface area contributed by atoms with Crippen molar-refractivity contribution in [2.45, 2.75) is 70.4 Å². The van der Waals surface area contributed by atoms with Gasteiger partial charge in [0.1, 0.15) is 11.6 Å². The summed E-state index contributed by atoms with van der Waals surface area (Å²) in [6, 6.07) is 10.7. The number of anilines is 1. The van der Waals surface area contributed by atoms with Gasteiger partial charge in [0.25, 0.3) is 5.91 Å². The summed E-state index contributed by atoms with van der Waals surface area (Å²) in [4.78, 5) is 27.4. The number of thiophene rings is 1. The highest BCUT2D eigenvalue weighted by atomic mass is 32.1. The number of carbonyl (C=O) groups is 1. The van der Waals surface area contributed by atoms with Gasteiger partial charge in [-0.15, -0.1) is 21.5 Å². The van der Waals surface area contributed by atoms with E-state index in [4.69, 9.17) is 23.9 Å². The van der Waals surface area contributed by atoms with Gasteiger partial charge in [-0.05, 0) is 92.0 Å². The van der Waals surface area contributed by atoms with Crippen LogP contribution in [0.1, 0.15) is 89.4 Å². The predicted molar refractivity (Wildman–Crippen MR) is 183 cm³/mol. The summed E-state index contributed by atoms with van der Waals surface area (Å²) in [7, 11) is 1.73. The number of hydrogen-bond donors (Lipinski definition) is 1. The first-order valence-corrected chi connectivity index (χ1v) is 18.0. The summed E-state index contributed by atoms with van der Waals surface area (Å²) in [6.07, 6.45) is 9.58. The van der Waals surface area contributed by atoms with Crippen molar-refractivity contribution in [3.63, 3.8) is 0 Å². The number of carbonyl (C=O) groups excluding carboxylic acids is 1. The van der Waals surface area contributed by atoms with E-state index in [1.54, 1.807) is 25.4 Å². The number of amides is 1. The van der Waals surface area contributed by atoms with Gasteiger partial charge in [0.15, 0.2) is 0 Å². The summed E-state index contributed by atoms with van der Waals surface area (Å²) < 4.78 is 18.5. The molecule has 1 N–H and O–H groups in total. The van der Waals surface area contributed by atoms with E-state index < -0.39 is 0 Å². The van der Waals surface area contributed by atoms with Crippen molar-refractivity contribution in [3.05, 3.63) is 70.5 Å². The number of nitrogens with one attached hydrogen (secondary N) is 1. The fourth-order valence-corrected chi connectivity index (χ4v) is 9.46. The van der Waals surface area contributed by atoms with Crippen molar-refractivity contribution >= 4 is 33.1 Å². The van der Waals surface area contributed by atoms with Gasteiger partial charge in [0, 0.05) is 43.3 Å². The molecule has 2 atom stereocenters. The minimum absolute atomic E-state index is 0.0132. The van der Waals surface area contributed by atoms with Crippen molar-refractivity contribution < 1.29 is 18.7 Å². The first-order chi connectivity index (χ1) is 23.6. The lowest BCUT2D eigenvalue weighted by atomic mass is 9.90. The topological polar surface area (TPSA) is 116 Å². The summed E-state index contributed by atoms with van der Waals surface area (Å²) in [6.45, 7) is 4.17. The number of ether oxygens (including phenoxy) is 2. The minimum atomic E-state index is 0.0132. The highest BCUT2D eigenvalue weighted by molar-refractivity contribution is 7.23. The van der Waals surface area contributed by atoms with Crippen LogP contribution in [0.5, 0.6) is 5.75 Å². The maximum absolute atomic E-state index is 14.2. The van der Waals surface area contributed by atoms with E-state index in [9.17, 15) is 4.79 Å². The predicted octanol–water partition coefficient (Wildman–Crippen LogP) is 7.47. The van der Waals surface area contributed by atoms with Crippen LogP contribution in [-0.4, -0.2) is 57.8 Å². The highest BCUT2D eigenvalue weighted by Gasteiger charge is 2.45. The Hall–Kier alpha value is -4.35. The van der Waals surface area contributed by atoms with E-state index in [0.29, 0.717) is 23.3 Å². The third kappa shape index (κ3) is 4.89. The standard InChI is InChI=1S/C37H38N6O4S/c1-20-41-42-36(47-20)30-26(10-8-21-13-17-46-18-14-21)39-33-27-6-4-16-43(27)37(44)32(33)31(30)29-19-22-12-15-38-35(34(22)48-29)40-25-11-9-24-23(25)5-3-7-28(24)45-2/h3,5,7,12,15,19,21,25,27H,4,6,8-11,13-14,16-18H2,1-2H3,(H,38,40)/t25-,27+/m1/s1. The second-order valence-electron chi connectivity index (χ2n) is 13.4. The van der Waals surface area contributed by atoms with Gasteiger partial charge in [-0.1, -0.05) is 12.1 Å². The molecule has 7 heterocycles. The van der Waals surface area contributed by atoms with E-state index in [1.165, 1.54) is 11.1 Å². The quantitative estimate of drug-likeness (QED) is 0.181. The Labute approximate surface area is 282 Å². The molecule has 246 valence electrons. The van der Waals surface area contributed by atoms with Crippen LogP contribution in [0.25, 0.3) is 32.0 Å². The Morgan fingerprint density at radius 2 is 1.98 bits per heavy atom. The maximum Gasteiger partial charge on any atom is 0.257 e. The normalized spacial score (nSPS) is 20.4. The molecule has 3 aliphatic heterocycles. The number of benzene rings is 1. The van der Waals surface area contributed by atoms with Crippen LogP contribution in [0.3, 0.4) is 0 Å². The lowest BCUT2D eigenvalue weighted by Crippen LogP contribution is -2.22. The SMILES string of the molecule is COc1cccc2c1CC[C@H]2Nc1nccc2cc(-c3c4c(nc(CCC5CCOCC5)c3-c3nnc(C)o3)[C@@H]3CCCN3C4=O)sc12. The molecular formula is C37H38N6O4S. The summed E-state index contributed by atoms with van der Waals surface area (Å²) in [5.74, 6) is 3.31. The number of fused-ring (bicyclic) bond motifs is 5. The molecule has 1 aromatic carbocycles. The van der Waals surface area contributed by atoms with E-state index in [2.05, 4.69) is 39.8 Å². The number of pyridine rings is 2. The molecule has 1 amide bonds. The molecule has 4 aliphatic rings. The molecule has 0 bridgehead atoms. The molecule has 0 radical (unpaired) electrons. The Kier molecular flexibility index (Phi) is 7.42. The van der Waals surface area contributed by atoms with Gasteiger partial charge in [0.05, 0.1) is 46.4 Å². The van der Waals surface area contributed by atoms with Crippen LogP contribution in [0.4, 0.5) is 5.82 Å². The molecule has 2 saturated heterocycles. The molecule has 9 rings (SSSR count). The highest BCUT2D eigenvalue weighted by Crippen LogP contribution is 2.51. The molecule has 0 saturated carbocycles. The molecule has 4 aromatic heterocycles. The summed E-state index contributed by atoms with van der Waals surface area (Å²) >= 11 is 1.66. The molecule has 5 aromatic rings. The minimum Gasteiger partial charge on any atom is -0.496 e. The van der Waals surface area contributed by atoms with Gasteiger partial charge >= 0.3 is 0 Å². The van der Waals surface area contributed by atoms with Gasteiger partial charge in [-0.25, -0.2) is 4.98 Å². The molecular weight excluding hydrogens is 625 g/mol. The number of nitrogens with zero attached hydrogens (tertiary/aromatic N) is 5. The van der Waals surface area contributed by atoms with Gasteiger partial charge in [-0.3, -0.25) is 9.78 Å². The first kappa shape index (κ1) is 29.8. The first-order valence-electron chi connectivity index (χ1n) is 17.1. The fourth-order valence-electron chi connectivity index (χ4n) is 8.30. The smallest absolute Gasteiger partial charge is 0.257 e. The van der Waals surface area contributed by atoms with Gasteiger partial charge in [0.2, 0.25) is 11.8 Å². The summed E-state index contributed by atoms with van der Waals surface area (Å²) in [5.41, 5.74) is 6.70. The Bertz CT molecular complexity index is 2050. The number of hydrogen-bond acceptors (Lipinski definition) is 10. The zero-order chi connectivity index (χ0) is 32.4. The Morgan fingerprint density at radius 3 is 2.81 bits per heavy atom. The Balaban J connectivity index is 1.19. The number of methoxy groups -OCH3 is 1. The van der Waals surface area contributed by atoms with Crippen LogP contribution in [0.15, 0.2) is 40.9 Å². The van der Waals surface area contributed by atoms with E-state index in [0.717, 1.165) is 120 Å². The molecule has 48 heavy (non-hydrogen) atoms. The van der Waals surface area contributed by atoms with Crippen molar-refractivity contribution in [3.8, 4) is 27.6 Å².